The second kappa shape index (κ2) is 5.70. The first-order valence-corrected chi connectivity index (χ1v) is 7.70. The highest BCUT2D eigenvalue weighted by Crippen LogP contribution is 2.28. The first-order valence-electron chi connectivity index (χ1n) is 6.82. The monoisotopic (exact) mass is 296 g/mol. The Morgan fingerprint density at radius 1 is 1.19 bits per heavy atom. The van der Waals surface area contributed by atoms with Crippen LogP contribution in [0.1, 0.15) is 21.5 Å². The van der Waals surface area contributed by atoms with E-state index in [1.54, 1.807) is 18.4 Å². The summed E-state index contributed by atoms with van der Waals surface area (Å²) in [5, 5.41) is 3.24. The largest absolute Gasteiger partial charge is 0.496 e. The maximum atomic E-state index is 12.6. The second-order valence-corrected chi connectivity index (χ2v) is 5.97. The van der Waals surface area contributed by atoms with Crippen molar-refractivity contribution in [1.29, 1.82) is 0 Å². The smallest absolute Gasteiger partial charge is 0.171 e. The van der Waals surface area contributed by atoms with Gasteiger partial charge in [0.2, 0.25) is 0 Å². The molecule has 0 aliphatic carbocycles. The number of rotatable bonds is 4. The molecule has 0 aliphatic rings. The predicted octanol–water partition coefficient (Wildman–Crippen LogP) is 4.64. The van der Waals surface area contributed by atoms with E-state index in [4.69, 9.17) is 4.74 Å². The Morgan fingerprint density at radius 2 is 2.00 bits per heavy atom. The third kappa shape index (κ3) is 2.69. The van der Waals surface area contributed by atoms with Gasteiger partial charge in [-0.3, -0.25) is 4.79 Å². The van der Waals surface area contributed by atoms with E-state index in [2.05, 4.69) is 17.5 Å². The van der Waals surface area contributed by atoms with Crippen LogP contribution in [0.25, 0.3) is 10.1 Å². The molecule has 1 heterocycles. The molecule has 0 fully saturated rings. The summed E-state index contributed by atoms with van der Waals surface area (Å²) in [6, 6.07) is 13.9. The predicted molar refractivity (Wildman–Crippen MR) is 87.6 cm³/mol. The van der Waals surface area contributed by atoms with Crippen LogP contribution in [-0.2, 0) is 6.42 Å². The van der Waals surface area contributed by atoms with Crippen LogP contribution in [0.2, 0.25) is 0 Å². The third-order valence-electron chi connectivity index (χ3n) is 3.57. The van der Waals surface area contributed by atoms with Crippen molar-refractivity contribution in [1.82, 2.24) is 0 Å². The van der Waals surface area contributed by atoms with E-state index >= 15 is 0 Å². The highest BCUT2D eigenvalue weighted by Gasteiger charge is 2.15. The summed E-state index contributed by atoms with van der Waals surface area (Å²) in [5.74, 6) is 0.740. The van der Waals surface area contributed by atoms with Crippen molar-refractivity contribution in [3.63, 3.8) is 0 Å². The molecule has 0 bridgehead atoms. The quantitative estimate of drug-likeness (QED) is 0.655. The van der Waals surface area contributed by atoms with E-state index < -0.39 is 0 Å². The summed E-state index contributed by atoms with van der Waals surface area (Å²) >= 11 is 1.68. The fourth-order valence-corrected chi connectivity index (χ4v) is 3.44. The Kier molecular flexibility index (Phi) is 3.76. The summed E-state index contributed by atoms with van der Waals surface area (Å²) in [5.41, 5.74) is 2.81. The molecule has 0 spiro atoms. The van der Waals surface area contributed by atoms with Crippen LogP contribution in [0.5, 0.6) is 5.75 Å². The minimum Gasteiger partial charge on any atom is -0.496 e. The molecule has 0 saturated heterocycles. The number of thiophene rings is 1. The molecule has 0 saturated carbocycles. The lowest BCUT2D eigenvalue weighted by atomic mass is 10.0. The zero-order valence-corrected chi connectivity index (χ0v) is 12.9. The fraction of sp³-hybridized carbons (Fsp3) is 0.167. The lowest BCUT2D eigenvalue weighted by Crippen LogP contribution is -2.06. The van der Waals surface area contributed by atoms with Crippen LogP contribution in [0.4, 0.5) is 0 Å². The van der Waals surface area contributed by atoms with E-state index in [-0.39, 0.29) is 5.78 Å². The topological polar surface area (TPSA) is 26.3 Å². The second-order valence-electron chi connectivity index (χ2n) is 5.06. The highest BCUT2D eigenvalue weighted by molar-refractivity contribution is 7.17. The summed E-state index contributed by atoms with van der Waals surface area (Å²) in [6.45, 7) is 1.98. The van der Waals surface area contributed by atoms with E-state index in [0.29, 0.717) is 17.7 Å². The van der Waals surface area contributed by atoms with Crippen molar-refractivity contribution in [3.05, 3.63) is 64.5 Å². The summed E-state index contributed by atoms with van der Waals surface area (Å²) < 4.78 is 6.53. The first kappa shape index (κ1) is 13.8. The molecule has 3 heteroatoms. The number of Topliss-reactive ketones (excluding diaryl/α,β-unsaturated/α-hetero) is 1. The van der Waals surface area contributed by atoms with E-state index in [1.165, 1.54) is 10.1 Å². The zero-order valence-electron chi connectivity index (χ0n) is 12.1. The van der Waals surface area contributed by atoms with E-state index in [9.17, 15) is 4.79 Å². The molecule has 2 nitrogen and oxygen atoms in total. The molecule has 0 N–H and O–H groups in total. The number of hydrogen-bond donors (Lipinski definition) is 0. The minimum absolute atomic E-state index is 0.0964. The fourth-order valence-electron chi connectivity index (χ4n) is 2.48. The Morgan fingerprint density at radius 3 is 2.81 bits per heavy atom. The summed E-state index contributed by atoms with van der Waals surface area (Å²) in [7, 11) is 1.60. The van der Waals surface area contributed by atoms with Gasteiger partial charge in [-0.1, -0.05) is 29.8 Å². The molecule has 3 rings (SSSR count). The van der Waals surface area contributed by atoms with Gasteiger partial charge in [0.1, 0.15) is 5.75 Å². The van der Waals surface area contributed by atoms with Crippen LogP contribution in [-0.4, -0.2) is 12.9 Å². The van der Waals surface area contributed by atoms with Crippen LogP contribution in [0.3, 0.4) is 0 Å². The Hall–Kier alpha value is -2.13. The molecule has 0 unspecified atom stereocenters. The Balaban J connectivity index is 1.95. The normalized spacial score (nSPS) is 10.8. The molecule has 21 heavy (non-hydrogen) atoms. The molecular formula is C18H16O2S. The lowest BCUT2D eigenvalue weighted by molar-refractivity contribution is 0.0990. The van der Waals surface area contributed by atoms with Crippen LogP contribution >= 0.6 is 11.3 Å². The maximum Gasteiger partial charge on any atom is 0.171 e. The number of carbonyl (C=O) groups is 1. The average Bonchev–Trinajstić information content (AvgIpc) is 2.90. The highest BCUT2D eigenvalue weighted by atomic mass is 32.1. The number of ether oxygens (including phenoxy) is 1. The molecule has 0 aliphatic heterocycles. The van der Waals surface area contributed by atoms with Crippen molar-refractivity contribution in [3.8, 4) is 5.75 Å². The molecule has 3 aromatic rings. The Bertz CT molecular complexity index is 802. The van der Waals surface area contributed by atoms with Gasteiger partial charge in [0.15, 0.2) is 5.78 Å². The summed E-state index contributed by atoms with van der Waals surface area (Å²) in [4.78, 5) is 12.6. The molecular weight excluding hydrogens is 280 g/mol. The number of hydrogen-bond acceptors (Lipinski definition) is 3. The van der Waals surface area contributed by atoms with Gasteiger partial charge < -0.3 is 4.74 Å². The number of carbonyl (C=O) groups excluding carboxylic acids is 1. The summed E-state index contributed by atoms with van der Waals surface area (Å²) in [6.07, 6.45) is 0.407. The van der Waals surface area contributed by atoms with Crippen LogP contribution < -0.4 is 4.74 Å². The van der Waals surface area contributed by atoms with Crippen molar-refractivity contribution < 1.29 is 9.53 Å². The number of fused-ring (bicyclic) bond motifs is 1. The third-order valence-corrected chi connectivity index (χ3v) is 4.58. The van der Waals surface area contributed by atoms with Gasteiger partial charge >= 0.3 is 0 Å². The van der Waals surface area contributed by atoms with Crippen molar-refractivity contribution >= 4 is 27.2 Å². The van der Waals surface area contributed by atoms with Crippen molar-refractivity contribution in [2.45, 2.75) is 13.3 Å². The van der Waals surface area contributed by atoms with E-state index in [1.807, 2.05) is 37.3 Å². The average molecular weight is 296 g/mol. The van der Waals surface area contributed by atoms with Gasteiger partial charge in [0, 0.05) is 11.1 Å². The molecule has 0 radical (unpaired) electrons. The molecule has 0 atom stereocenters. The standard InChI is InChI=1S/C18H16O2S/c1-12-7-8-17(20-2)15(9-12)16(19)10-13-11-21-18-6-4-3-5-14(13)18/h3-9,11H,10H2,1-2H3. The zero-order chi connectivity index (χ0) is 14.8. The van der Waals surface area contributed by atoms with Crippen molar-refractivity contribution in [2.24, 2.45) is 0 Å². The molecule has 0 amide bonds. The number of ketones is 1. The van der Waals surface area contributed by atoms with Gasteiger partial charge in [0.05, 0.1) is 12.7 Å². The molecule has 1 aromatic heterocycles. The minimum atomic E-state index is 0.0964. The first-order chi connectivity index (χ1) is 10.2. The van der Waals surface area contributed by atoms with Gasteiger partial charge in [-0.15, -0.1) is 11.3 Å². The van der Waals surface area contributed by atoms with Gasteiger partial charge in [-0.05, 0) is 41.5 Å². The number of benzene rings is 2. The van der Waals surface area contributed by atoms with Crippen LogP contribution in [0.15, 0.2) is 47.8 Å². The van der Waals surface area contributed by atoms with Gasteiger partial charge in [-0.25, -0.2) is 0 Å². The SMILES string of the molecule is COc1ccc(C)cc1C(=O)Cc1csc2ccccc12. The number of aryl methyl sites for hydroxylation is 1. The Labute approximate surface area is 128 Å². The van der Waals surface area contributed by atoms with Crippen molar-refractivity contribution in [2.75, 3.05) is 7.11 Å². The van der Waals surface area contributed by atoms with Gasteiger partial charge in [-0.2, -0.15) is 0 Å². The molecule has 2 aromatic carbocycles. The number of methoxy groups -OCH3 is 1. The lowest BCUT2D eigenvalue weighted by Gasteiger charge is -2.08. The van der Waals surface area contributed by atoms with Gasteiger partial charge in [0.25, 0.3) is 0 Å². The van der Waals surface area contributed by atoms with Crippen LogP contribution in [0, 0.1) is 6.92 Å². The molecule has 106 valence electrons. The maximum absolute atomic E-state index is 12.6. The van der Waals surface area contributed by atoms with E-state index in [0.717, 1.165) is 11.1 Å².